The molecule has 8 heteroatoms. The number of phenols is 1. The molecule has 0 fully saturated rings. The van der Waals surface area contributed by atoms with Crippen molar-refractivity contribution in [2.24, 2.45) is 5.10 Å². The van der Waals surface area contributed by atoms with Gasteiger partial charge in [-0.05, 0) is 42.8 Å². The number of halogens is 3. The van der Waals surface area contributed by atoms with E-state index in [2.05, 4.69) is 26.5 Å². The third-order valence-corrected chi connectivity index (χ3v) is 3.93. The number of nitrogens with one attached hydrogen (secondary N) is 1. The number of carbonyl (C=O) groups excluding carboxylic acids is 1. The summed E-state index contributed by atoms with van der Waals surface area (Å²) in [7, 11) is 0. The van der Waals surface area contributed by atoms with Gasteiger partial charge in [0, 0.05) is 15.1 Å². The summed E-state index contributed by atoms with van der Waals surface area (Å²) in [6, 6.07) is 8.16. The molecule has 0 heterocycles. The van der Waals surface area contributed by atoms with Crippen LogP contribution in [0.4, 0.5) is 0 Å². The predicted molar refractivity (Wildman–Crippen MR) is 98.2 cm³/mol. The van der Waals surface area contributed by atoms with Crippen molar-refractivity contribution in [3.8, 4) is 11.5 Å². The van der Waals surface area contributed by atoms with Crippen molar-refractivity contribution >= 4 is 51.3 Å². The lowest BCUT2D eigenvalue weighted by molar-refractivity contribution is -0.123. The van der Waals surface area contributed by atoms with E-state index in [4.69, 9.17) is 27.9 Å². The number of benzene rings is 2. The van der Waals surface area contributed by atoms with E-state index in [1.54, 1.807) is 31.2 Å². The third-order valence-electron chi connectivity index (χ3n) is 2.94. The highest BCUT2D eigenvalue weighted by Gasteiger charge is 2.07. The molecule has 5 nitrogen and oxygen atoms in total. The maximum Gasteiger partial charge on any atom is 0.277 e. The van der Waals surface area contributed by atoms with Gasteiger partial charge < -0.3 is 9.84 Å². The summed E-state index contributed by atoms with van der Waals surface area (Å²) in [6.45, 7) is 1.50. The van der Waals surface area contributed by atoms with Crippen molar-refractivity contribution in [2.45, 2.75) is 6.92 Å². The summed E-state index contributed by atoms with van der Waals surface area (Å²) in [4.78, 5) is 11.7. The van der Waals surface area contributed by atoms with Crippen LogP contribution >= 0.6 is 39.1 Å². The average Bonchev–Trinajstić information content (AvgIpc) is 2.51. The molecule has 0 unspecified atom stereocenters. The lowest BCUT2D eigenvalue weighted by Crippen LogP contribution is -2.24. The van der Waals surface area contributed by atoms with Crippen LogP contribution in [0.3, 0.4) is 0 Å². The fraction of sp³-hybridized carbons (Fsp3) is 0.125. The van der Waals surface area contributed by atoms with Crippen LogP contribution in [-0.2, 0) is 4.79 Å². The summed E-state index contributed by atoms with van der Waals surface area (Å²) in [5.74, 6) is -0.0238. The third kappa shape index (κ3) is 5.12. The van der Waals surface area contributed by atoms with Gasteiger partial charge in [-0.1, -0.05) is 39.1 Å². The number of aromatic hydroxyl groups is 1. The molecule has 0 atom stereocenters. The molecule has 0 spiro atoms. The number of carbonyl (C=O) groups is 1. The number of ether oxygens (including phenoxy) is 1. The Morgan fingerprint density at radius 3 is 2.83 bits per heavy atom. The van der Waals surface area contributed by atoms with Crippen LogP contribution in [0.25, 0.3) is 0 Å². The number of phenolic OH excluding ortho intramolecular Hbond substituents is 1. The highest BCUT2D eigenvalue weighted by atomic mass is 79.9. The van der Waals surface area contributed by atoms with Gasteiger partial charge in [-0.15, -0.1) is 0 Å². The van der Waals surface area contributed by atoms with Gasteiger partial charge in [0.15, 0.2) is 6.61 Å². The second-order valence-corrected chi connectivity index (χ2v) is 6.58. The van der Waals surface area contributed by atoms with Gasteiger partial charge in [0.1, 0.15) is 11.5 Å². The molecule has 0 aliphatic carbocycles. The second-order valence-electron chi connectivity index (χ2n) is 4.82. The number of hydrogen-bond donors (Lipinski definition) is 2. The monoisotopic (exact) mass is 430 g/mol. The minimum atomic E-state index is -0.469. The summed E-state index contributed by atoms with van der Waals surface area (Å²) in [5.41, 5.74) is 3.48. The van der Waals surface area contributed by atoms with E-state index in [1.807, 2.05) is 0 Å². The largest absolute Gasteiger partial charge is 0.507 e. The Morgan fingerprint density at radius 2 is 2.12 bits per heavy atom. The first kappa shape index (κ1) is 18.6. The average molecular weight is 432 g/mol. The molecule has 2 aromatic rings. The minimum absolute atomic E-state index is 0.0976. The zero-order valence-electron chi connectivity index (χ0n) is 12.5. The van der Waals surface area contributed by atoms with E-state index in [1.165, 1.54) is 12.3 Å². The number of nitrogens with zero attached hydrogens (tertiary/aromatic N) is 1. The highest BCUT2D eigenvalue weighted by molar-refractivity contribution is 9.10. The normalized spacial score (nSPS) is 10.8. The van der Waals surface area contributed by atoms with E-state index >= 15 is 0 Å². The molecule has 24 heavy (non-hydrogen) atoms. The molecule has 0 aliphatic heterocycles. The van der Waals surface area contributed by atoms with Gasteiger partial charge in [-0.3, -0.25) is 4.79 Å². The molecule has 0 aliphatic rings. The highest BCUT2D eigenvalue weighted by Crippen LogP contribution is 2.27. The van der Waals surface area contributed by atoms with Gasteiger partial charge >= 0.3 is 0 Å². The second kappa shape index (κ2) is 8.37. The molecule has 126 valence electrons. The summed E-state index contributed by atoms with van der Waals surface area (Å²) in [6.07, 6.45) is 1.35. The van der Waals surface area contributed by atoms with E-state index in [9.17, 15) is 9.90 Å². The first-order valence-electron chi connectivity index (χ1n) is 6.75. The van der Waals surface area contributed by atoms with Crippen LogP contribution < -0.4 is 10.2 Å². The van der Waals surface area contributed by atoms with Crippen LogP contribution in [-0.4, -0.2) is 23.8 Å². The fourth-order valence-electron chi connectivity index (χ4n) is 1.80. The van der Waals surface area contributed by atoms with Gasteiger partial charge in [0.05, 0.1) is 11.2 Å². The van der Waals surface area contributed by atoms with Gasteiger partial charge in [-0.2, -0.15) is 5.10 Å². The van der Waals surface area contributed by atoms with Crippen molar-refractivity contribution in [3.05, 3.63) is 56.0 Å². The number of hydrogen-bond acceptors (Lipinski definition) is 4. The molecule has 0 aromatic heterocycles. The Bertz CT molecular complexity index is 797. The number of aryl methyl sites for hydroxylation is 1. The zero-order valence-corrected chi connectivity index (χ0v) is 15.6. The van der Waals surface area contributed by atoms with Crippen molar-refractivity contribution in [2.75, 3.05) is 6.61 Å². The van der Waals surface area contributed by atoms with Crippen LogP contribution in [0.5, 0.6) is 11.5 Å². The predicted octanol–water partition coefficient (Wildman–Crippen LogP) is 4.30. The maximum absolute atomic E-state index is 11.7. The Kier molecular flexibility index (Phi) is 6.48. The molecule has 0 radical (unpaired) electrons. The summed E-state index contributed by atoms with van der Waals surface area (Å²) in [5, 5.41) is 14.5. The molecule has 2 rings (SSSR count). The Morgan fingerprint density at radius 1 is 1.38 bits per heavy atom. The quantitative estimate of drug-likeness (QED) is 0.547. The van der Waals surface area contributed by atoms with Crippen molar-refractivity contribution < 1.29 is 14.6 Å². The molecule has 2 N–H and O–H groups in total. The van der Waals surface area contributed by atoms with E-state index in [-0.39, 0.29) is 12.4 Å². The number of rotatable bonds is 5. The van der Waals surface area contributed by atoms with Crippen molar-refractivity contribution in [3.63, 3.8) is 0 Å². The van der Waals surface area contributed by atoms with Crippen LogP contribution in [0.2, 0.25) is 10.0 Å². The van der Waals surface area contributed by atoms with Crippen LogP contribution in [0.1, 0.15) is 11.1 Å². The lowest BCUT2D eigenvalue weighted by atomic mass is 10.1. The lowest BCUT2D eigenvalue weighted by Gasteiger charge is -2.07. The summed E-state index contributed by atoms with van der Waals surface area (Å²) >= 11 is 15.0. The van der Waals surface area contributed by atoms with E-state index in [0.29, 0.717) is 26.9 Å². The van der Waals surface area contributed by atoms with Gasteiger partial charge in [0.25, 0.3) is 5.91 Å². The number of hydrazone groups is 1. The maximum atomic E-state index is 11.7. The Balaban J connectivity index is 1.91. The number of amides is 1. The smallest absolute Gasteiger partial charge is 0.277 e. The molecular formula is C16H13BrCl2N2O3. The SMILES string of the molecule is Cc1cc(Br)cc(C=NNC(=O)COc2ccc(Cl)cc2Cl)c1O. The minimum Gasteiger partial charge on any atom is -0.507 e. The van der Waals surface area contributed by atoms with Crippen molar-refractivity contribution in [1.29, 1.82) is 0 Å². The van der Waals surface area contributed by atoms with Crippen molar-refractivity contribution in [1.82, 2.24) is 5.43 Å². The molecular weight excluding hydrogens is 419 g/mol. The standard InChI is InChI=1S/C16H13BrCl2N2O3/c1-9-4-11(17)5-10(16(9)23)7-20-21-15(22)8-24-14-3-2-12(18)6-13(14)19/h2-7,23H,8H2,1H3,(H,21,22). The molecule has 0 bridgehead atoms. The van der Waals surface area contributed by atoms with E-state index < -0.39 is 5.91 Å². The zero-order chi connectivity index (χ0) is 17.7. The molecule has 0 saturated heterocycles. The molecule has 1 amide bonds. The molecule has 0 saturated carbocycles. The molecule has 2 aromatic carbocycles. The van der Waals surface area contributed by atoms with Crippen LogP contribution in [0, 0.1) is 6.92 Å². The van der Waals surface area contributed by atoms with Gasteiger partial charge in [0.2, 0.25) is 0 Å². The Hall–Kier alpha value is -1.76. The van der Waals surface area contributed by atoms with Crippen LogP contribution in [0.15, 0.2) is 39.9 Å². The first-order chi connectivity index (χ1) is 11.4. The Labute approximate surface area is 157 Å². The van der Waals surface area contributed by atoms with E-state index in [0.717, 1.165) is 4.47 Å². The van der Waals surface area contributed by atoms with Gasteiger partial charge in [-0.25, -0.2) is 5.43 Å². The topological polar surface area (TPSA) is 70.9 Å². The fourth-order valence-corrected chi connectivity index (χ4v) is 2.85. The first-order valence-corrected chi connectivity index (χ1v) is 8.30. The summed E-state index contributed by atoms with van der Waals surface area (Å²) < 4.78 is 6.08.